The zero-order valence-electron chi connectivity index (χ0n) is 16.2. The van der Waals surface area contributed by atoms with E-state index < -0.39 is 15.7 Å². The number of rotatable bonds is 10. The fourth-order valence-electron chi connectivity index (χ4n) is 3.27. The largest absolute Gasteiger partial charge is 0.459 e. The van der Waals surface area contributed by atoms with E-state index in [1.165, 1.54) is 25.7 Å². The number of hydrogen-bond acceptors (Lipinski definition) is 6. The molecule has 0 radical (unpaired) electrons. The summed E-state index contributed by atoms with van der Waals surface area (Å²) in [6.45, 7) is 7.03. The van der Waals surface area contributed by atoms with Gasteiger partial charge in [0.2, 0.25) is 0 Å². The normalized spacial score (nSPS) is 21.9. The molecule has 0 spiro atoms. The molecule has 0 bridgehead atoms. The Bertz CT molecular complexity index is 490. The second kappa shape index (κ2) is 10.5. The predicted octanol–water partition coefficient (Wildman–Crippen LogP) is 2.87. The van der Waals surface area contributed by atoms with Crippen LogP contribution < -0.4 is 5.32 Å². The van der Waals surface area contributed by atoms with E-state index in [9.17, 15) is 13.2 Å². The van der Waals surface area contributed by atoms with Gasteiger partial charge in [-0.1, -0.05) is 25.7 Å². The highest BCUT2D eigenvalue weighted by Gasteiger charge is 2.21. The van der Waals surface area contributed by atoms with Gasteiger partial charge in [-0.25, -0.2) is 0 Å². The van der Waals surface area contributed by atoms with Gasteiger partial charge < -0.3 is 10.1 Å². The molecule has 0 atom stereocenters. The number of ether oxygens (including phenoxy) is 1. The first-order chi connectivity index (χ1) is 11.6. The van der Waals surface area contributed by atoms with E-state index in [0.717, 1.165) is 38.0 Å². The topological polar surface area (TPSA) is 81.7 Å². The van der Waals surface area contributed by atoms with Gasteiger partial charge in [-0.05, 0) is 58.4 Å². The lowest BCUT2D eigenvalue weighted by atomic mass is 9.79. The molecule has 1 aliphatic carbocycles. The zero-order valence-corrected chi connectivity index (χ0v) is 17.0. The molecule has 1 saturated carbocycles. The standard InChI is InChI=1S/C18H35NO5S/c1-18(2,3)24-17(20)14-19-12-11-16-9-7-15(8-10-16)6-5-13-23-25(4,21)22/h15-16,19H,5-14H2,1-4H3. The van der Waals surface area contributed by atoms with Gasteiger partial charge in [0.15, 0.2) is 0 Å². The minimum Gasteiger partial charge on any atom is -0.459 e. The third kappa shape index (κ3) is 12.3. The highest BCUT2D eigenvalue weighted by molar-refractivity contribution is 7.85. The summed E-state index contributed by atoms with van der Waals surface area (Å²) in [6, 6.07) is 0. The van der Waals surface area contributed by atoms with Crippen molar-refractivity contribution in [3.8, 4) is 0 Å². The van der Waals surface area contributed by atoms with Gasteiger partial charge in [0, 0.05) is 0 Å². The molecule has 0 aliphatic heterocycles. The van der Waals surface area contributed by atoms with Gasteiger partial charge in [0.05, 0.1) is 19.4 Å². The Kier molecular flexibility index (Phi) is 9.38. The van der Waals surface area contributed by atoms with E-state index in [2.05, 4.69) is 5.32 Å². The summed E-state index contributed by atoms with van der Waals surface area (Å²) >= 11 is 0. The quantitative estimate of drug-likeness (QED) is 0.358. The molecule has 0 unspecified atom stereocenters. The van der Waals surface area contributed by atoms with Gasteiger partial charge >= 0.3 is 5.97 Å². The van der Waals surface area contributed by atoms with E-state index in [1.54, 1.807) is 0 Å². The lowest BCUT2D eigenvalue weighted by molar-refractivity contribution is -0.153. The van der Waals surface area contributed by atoms with Crippen molar-refractivity contribution in [1.82, 2.24) is 5.32 Å². The molecule has 1 fully saturated rings. The van der Waals surface area contributed by atoms with Gasteiger partial charge in [0.25, 0.3) is 10.1 Å². The Balaban J connectivity index is 2.04. The van der Waals surface area contributed by atoms with E-state index >= 15 is 0 Å². The van der Waals surface area contributed by atoms with E-state index in [1.807, 2.05) is 20.8 Å². The number of carbonyl (C=O) groups is 1. The van der Waals surface area contributed by atoms with Crippen LogP contribution in [0.25, 0.3) is 0 Å². The smallest absolute Gasteiger partial charge is 0.320 e. The minimum atomic E-state index is -3.31. The summed E-state index contributed by atoms with van der Waals surface area (Å²) in [5.41, 5.74) is -0.427. The first kappa shape index (κ1) is 22.4. The van der Waals surface area contributed by atoms with Gasteiger partial charge in [-0.3, -0.25) is 8.98 Å². The summed E-state index contributed by atoms with van der Waals surface area (Å²) < 4.78 is 31.9. The molecule has 0 aromatic rings. The summed E-state index contributed by atoms with van der Waals surface area (Å²) in [4.78, 5) is 11.6. The molecule has 1 aliphatic rings. The lowest BCUT2D eigenvalue weighted by Gasteiger charge is -2.28. The highest BCUT2D eigenvalue weighted by Crippen LogP contribution is 2.33. The Morgan fingerprint density at radius 1 is 1.08 bits per heavy atom. The zero-order chi connectivity index (χ0) is 18.9. The molecule has 0 amide bonds. The Morgan fingerprint density at radius 3 is 2.16 bits per heavy atom. The van der Waals surface area contributed by atoms with Crippen LogP contribution in [0, 0.1) is 11.8 Å². The van der Waals surface area contributed by atoms with Gasteiger partial charge in [0.1, 0.15) is 5.60 Å². The number of nitrogens with one attached hydrogen (secondary N) is 1. The van der Waals surface area contributed by atoms with Crippen LogP contribution in [0.15, 0.2) is 0 Å². The highest BCUT2D eigenvalue weighted by atomic mass is 32.2. The van der Waals surface area contributed by atoms with Crippen LogP contribution in [0.5, 0.6) is 0 Å². The molecule has 25 heavy (non-hydrogen) atoms. The van der Waals surface area contributed by atoms with Crippen LogP contribution >= 0.6 is 0 Å². The first-order valence-electron chi connectivity index (χ1n) is 9.32. The number of esters is 1. The fraction of sp³-hybridized carbons (Fsp3) is 0.944. The molecular formula is C18H35NO5S. The summed E-state index contributed by atoms with van der Waals surface area (Å²) in [6.07, 6.45) is 8.86. The third-order valence-electron chi connectivity index (χ3n) is 4.44. The minimum absolute atomic E-state index is 0.201. The maximum atomic E-state index is 11.6. The SMILES string of the molecule is CC(C)(C)OC(=O)CNCCC1CCC(CCCOS(C)(=O)=O)CC1. The number of hydrogen-bond donors (Lipinski definition) is 1. The van der Waals surface area contributed by atoms with E-state index in [4.69, 9.17) is 8.92 Å². The van der Waals surface area contributed by atoms with Crippen LogP contribution in [-0.4, -0.2) is 45.9 Å². The summed E-state index contributed by atoms with van der Waals surface area (Å²) in [7, 11) is -3.31. The second-order valence-corrected chi connectivity index (χ2v) is 9.75. The molecule has 0 saturated heterocycles. The molecule has 7 heteroatoms. The Morgan fingerprint density at radius 2 is 1.64 bits per heavy atom. The Labute approximate surface area is 153 Å². The molecule has 0 aromatic heterocycles. The third-order valence-corrected chi connectivity index (χ3v) is 5.03. The van der Waals surface area contributed by atoms with Crippen molar-refractivity contribution in [1.29, 1.82) is 0 Å². The van der Waals surface area contributed by atoms with Crippen molar-refractivity contribution in [2.45, 2.75) is 71.3 Å². The van der Waals surface area contributed by atoms with Crippen molar-refractivity contribution >= 4 is 16.1 Å². The van der Waals surface area contributed by atoms with Crippen molar-refractivity contribution < 1.29 is 22.1 Å². The lowest BCUT2D eigenvalue weighted by Crippen LogP contribution is -2.32. The van der Waals surface area contributed by atoms with Crippen LogP contribution in [-0.2, 0) is 23.8 Å². The number of carbonyl (C=O) groups excluding carboxylic acids is 1. The molecule has 1 N–H and O–H groups in total. The fourth-order valence-corrected chi connectivity index (χ4v) is 3.69. The molecule has 148 valence electrons. The van der Waals surface area contributed by atoms with Crippen molar-refractivity contribution in [2.24, 2.45) is 11.8 Å². The molecule has 0 aromatic carbocycles. The van der Waals surface area contributed by atoms with Crippen LogP contribution in [0.1, 0.15) is 65.7 Å². The summed E-state index contributed by atoms with van der Waals surface area (Å²) in [5, 5.41) is 3.17. The predicted molar refractivity (Wildman–Crippen MR) is 98.8 cm³/mol. The van der Waals surface area contributed by atoms with Gasteiger partial charge in [-0.15, -0.1) is 0 Å². The summed E-state index contributed by atoms with van der Waals surface area (Å²) in [5.74, 6) is 1.20. The first-order valence-corrected chi connectivity index (χ1v) is 11.1. The monoisotopic (exact) mass is 377 g/mol. The van der Waals surface area contributed by atoms with Gasteiger partial charge in [-0.2, -0.15) is 8.42 Å². The van der Waals surface area contributed by atoms with Crippen molar-refractivity contribution in [2.75, 3.05) is 26.0 Å². The molecule has 6 nitrogen and oxygen atoms in total. The average Bonchev–Trinajstić information content (AvgIpc) is 2.47. The average molecular weight is 378 g/mol. The van der Waals surface area contributed by atoms with Crippen LogP contribution in [0.2, 0.25) is 0 Å². The van der Waals surface area contributed by atoms with Crippen LogP contribution in [0.3, 0.4) is 0 Å². The van der Waals surface area contributed by atoms with Crippen molar-refractivity contribution in [3.05, 3.63) is 0 Å². The molecule has 0 heterocycles. The molecular weight excluding hydrogens is 342 g/mol. The van der Waals surface area contributed by atoms with Crippen LogP contribution in [0.4, 0.5) is 0 Å². The second-order valence-electron chi connectivity index (χ2n) is 8.11. The van der Waals surface area contributed by atoms with E-state index in [-0.39, 0.29) is 12.5 Å². The van der Waals surface area contributed by atoms with Crippen molar-refractivity contribution in [3.63, 3.8) is 0 Å². The van der Waals surface area contributed by atoms with E-state index in [0.29, 0.717) is 12.5 Å². The Hall–Kier alpha value is -0.660. The maximum absolute atomic E-state index is 11.6. The maximum Gasteiger partial charge on any atom is 0.320 e. The molecule has 1 rings (SSSR count).